The molecule has 2 nitrogen and oxygen atoms in total. The highest BCUT2D eigenvalue weighted by atomic mass is 127. The largest absolute Gasteiger partial charge is 0.319 e. The number of likely N-dealkylation sites (tertiary alicyclic amines) is 1. The topological polar surface area (TPSA) is 12.5 Å². The molecule has 12 heavy (non-hydrogen) atoms. The fourth-order valence-electron chi connectivity index (χ4n) is 1.57. The Morgan fingerprint density at radius 2 is 2.00 bits per heavy atom. The second-order valence-corrected chi connectivity index (χ2v) is 4.66. The second kappa shape index (κ2) is 5.29. The molecule has 0 aromatic carbocycles. The van der Waals surface area contributed by atoms with Crippen LogP contribution in [0.5, 0.6) is 0 Å². The van der Waals surface area contributed by atoms with Crippen LogP contribution >= 0.6 is 21.1 Å². The third-order valence-electron chi connectivity index (χ3n) is 2.40. The number of halogens is 1. The summed E-state index contributed by atoms with van der Waals surface area (Å²) in [5.41, 5.74) is 0. The molecule has 0 N–H and O–H groups in total. The summed E-state index contributed by atoms with van der Waals surface area (Å²) >= 11 is -0.217. The quantitative estimate of drug-likeness (QED) is 0.736. The molecular weight excluding hydrogens is 265 g/mol. The maximum Gasteiger partial charge on any atom is 0.0719 e. The molecule has 0 saturated carbocycles. The van der Waals surface area contributed by atoms with Crippen LogP contribution in [-0.2, 0) is 3.07 Å². The van der Waals surface area contributed by atoms with Gasteiger partial charge in [0.1, 0.15) is 0 Å². The monoisotopic (exact) mass is 283 g/mol. The van der Waals surface area contributed by atoms with Crippen LogP contribution in [0.15, 0.2) is 0 Å². The summed E-state index contributed by atoms with van der Waals surface area (Å²) < 4.78 is 9.39. The van der Waals surface area contributed by atoms with Crippen molar-refractivity contribution in [1.82, 2.24) is 4.90 Å². The number of nitrogens with zero attached hydrogens (tertiary/aromatic N) is 1. The summed E-state index contributed by atoms with van der Waals surface area (Å²) in [6.45, 7) is 6.92. The van der Waals surface area contributed by atoms with Crippen LogP contribution in [0.25, 0.3) is 0 Å². The summed E-state index contributed by atoms with van der Waals surface area (Å²) in [5, 5.41) is 0. The van der Waals surface area contributed by atoms with Gasteiger partial charge in [0.05, 0.1) is 6.10 Å². The fourth-order valence-corrected chi connectivity index (χ4v) is 2.59. The number of hydrogen-bond donors (Lipinski definition) is 0. The van der Waals surface area contributed by atoms with Gasteiger partial charge in [-0.1, -0.05) is 0 Å². The molecule has 72 valence electrons. The van der Waals surface area contributed by atoms with E-state index in [4.69, 9.17) is 3.07 Å². The molecule has 0 aromatic rings. The van der Waals surface area contributed by atoms with Gasteiger partial charge >= 0.3 is 0 Å². The van der Waals surface area contributed by atoms with E-state index in [-0.39, 0.29) is 21.1 Å². The first-order valence-corrected chi connectivity index (χ1v) is 6.93. The molecule has 0 spiro atoms. The van der Waals surface area contributed by atoms with E-state index in [1.165, 1.54) is 25.9 Å². The van der Waals surface area contributed by atoms with Crippen molar-refractivity contribution < 1.29 is 3.07 Å². The van der Waals surface area contributed by atoms with Crippen molar-refractivity contribution in [2.45, 2.75) is 38.8 Å². The van der Waals surface area contributed by atoms with E-state index in [1.54, 1.807) is 0 Å². The molecule has 0 atom stereocenters. The molecule has 0 aromatic heterocycles. The molecule has 0 unspecified atom stereocenters. The SMILES string of the molecule is C=IOC1CCN(C(C)C)CC1. The van der Waals surface area contributed by atoms with Crippen LogP contribution in [0.3, 0.4) is 0 Å². The number of piperidine rings is 1. The van der Waals surface area contributed by atoms with Crippen LogP contribution in [0.1, 0.15) is 26.7 Å². The van der Waals surface area contributed by atoms with Crippen LogP contribution in [0, 0.1) is 0 Å². The van der Waals surface area contributed by atoms with E-state index < -0.39 is 0 Å². The van der Waals surface area contributed by atoms with Crippen molar-refractivity contribution in [1.29, 1.82) is 0 Å². The van der Waals surface area contributed by atoms with Crippen molar-refractivity contribution in [3.63, 3.8) is 0 Å². The molecule has 1 aliphatic rings. The first-order valence-electron chi connectivity index (χ1n) is 4.52. The molecule has 1 rings (SSSR count). The van der Waals surface area contributed by atoms with E-state index in [1.807, 2.05) is 0 Å². The summed E-state index contributed by atoms with van der Waals surface area (Å²) in [7, 11) is 0. The van der Waals surface area contributed by atoms with E-state index in [0.29, 0.717) is 12.1 Å². The standard InChI is InChI=1S/C9H18INO/c1-8(2)11-6-4-9(5-7-11)12-10-3/h8-9H,3-7H2,1-2H3. The smallest absolute Gasteiger partial charge is 0.0719 e. The van der Waals surface area contributed by atoms with Gasteiger partial charge in [0.15, 0.2) is 0 Å². The fraction of sp³-hybridized carbons (Fsp3) is 0.889. The van der Waals surface area contributed by atoms with Crippen molar-refractivity contribution in [2.75, 3.05) is 13.1 Å². The number of hydrogen-bond acceptors (Lipinski definition) is 2. The Morgan fingerprint density at radius 3 is 2.42 bits per heavy atom. The minimum atomic E-state index is -0.217. The Bertz CT molecular complexity index is 141. The highest BCUT2D eigenvalue weighted by Gasteiger charge is 2.20. The van der Waals surface area contributed by atoms with E-state index in [0.717, 1.165) is 0 Å². The van der Waals surface area contributed by atoms with Gasteiger partial charge in [0, 0.05) is 40.3 Å². The Morgan fingerprint density at radius 1 is 1.42 bits per heavy atom. The second-order valence-electron chi connectivity index (χ2n) is 3.53. The minimum absolute atomic E-state index is 0.217. The minimum Gasteiger partial charge on any atom is -0.319 e. The van der Waals surface area contributed by atoms with Crippen LogP contribution < -0.4 is 0 Å². The van der Waals surface area contributed by atoms with Crippen LogP contribution in [0.4, 0.5) is 0 Å². The third kappa shape index (κ3) is 3.11. The van der Waals surface area contributed by atoms with E-state index in [2.05, 4.69) is 23.3 Å². The highest BCUT2D eigenvalue weighted by Crippen LogP contribution is 2.18. The third-order valence-corrected chi connectivity index (χ3v) is 3.47. The average Bonchev–Trinajstić information content (AvgIpc) is 2.06. The van der Waals surface area contributed by atoms with Crippen LogP contribution in [-0.4, -0.2) is 34.6 Å². The zero-order chi connectivity index (χ0) is 8.97. The lowest BCUT2D eigenvalue weighted by Crippen LogP contribution is -2.40. The average molecular weight is 283 g/mol. The molecule has 0 amide bonds. The van der Waals surface area contributed by atoms with Gasteiger partial charge in [-0.3, -0.25) is 0 Å². The Labute approximate surface area is 85.6 Å². The number of rotatable bonds is 3. The van der Waals surface area contributed by atoms with Crippen molar-refractivity contribution >= 4 is 25.7 Å². The Kier molecular flexibility index (Phi) is 4.68. The van der Waals surface area contributed by atoms with Crippen molar-refractivity contribution in [2.24, 2.45) is 0 Å². The van der Waals surface area contributed by atoms with Crippen molar-refractivity contribution in [3.05, 3.63) is 0 Å². The lowest BCUT2D eigenvalue weighted by Gasteiger charge is -2.33. The van der Waals surface area contributed by atoms with Gasteiger partial charge in [-0.2, -0.15) is 0 Å². The lowest BCUT2D eigenvalue weighted by atomic mass is 10.1. The van der Waals surface area contributed by atoms with Gasteiger partial charge in [-0.15, -0.1) is 0 Å². The maximum atomic E-state index is 5.58. The summed E-state index contributed by atoms with van der Waals surface area (Å²) in [6, 6.07) is 0.695. The molecule has 3 heteroatoms. The van der Waals surface area contributed by atoms with Gasteiger partial charge in [-0.25, -0.2) is 0 Å². The highest BCUT2D eigenvalue weighted by molar-refractivity contribution is 14.2. The molecule has 1 heterocycles. The Hall–Kier alpha value is 0.520. The van der Waals surface area contributed by atoms with Gasteiger partial charge < -0.3 is 7.97 Å². The zero-order valence-corrected chi connectivity index (χ0v) is 10.1. The molecule has 1 fully saturated rings. The van der Waals surface area contributed by atoms with Crippen LogP contribution in [0.2, 0.25) is 0 Å². The van der Waals surface area contributed by atoms with Gasteiger partial charge in [0.25, 0.3) is 0 Å². The summed E-state index contributed by atoms with van der Waals surface area (Å²) in [5.74, 6) is 0. The summed E-state index contributed by atoms with van der Waals surface area (Å²) in [4.78, 5) is 2.52. The molecule has 0 bridgehead atoms. The molecular formula is C9H18INO. The van der Waals surface area contributed by atoms with Gasteiger partial charge in [-0.05, 0) is 31.2 Å². The van der Waals surface area contributed by atoms with E-state index in [9.17, 15) is 0 Å². The van der Waals surface area contributed by atoms with E-state index >= 15 is 0 Å². The Balaban J connectivity index is 2.24. The predicted octanol–water partition coefficient (Wildman–Crippen LogP) is 2.19. The first-order chi connectivity index (χ1) is 5.74. The van der Waals surface area contributed by atoms with Crippen molar-refractivity contribution in [3.8, 4) is 0 Å². The molecule has 0 radical (unpaired) electrons. The van der Waals surface area contributed by atoms with Gasteiger partial charge in [0.2, 0.25) is 0 Å². The molecule has 0 aliphatic carbocycles. The maximum absolute atomic E-state index is 5.58. The molecule has 1 saturated heterocycles. The molecule has 1 aliphatic heterocycles. The predicted molar refractivity (Wildman–Crippen MR) is 62.0 cm³/mol. The normalized spacial score (nSPS) is 21.9. The first kappa shape index (κ1) is 10.6. The zero-order valence-electron chi connectivity index (χ0n) is 7.92. The lowest BCUT2D eigenvalue weighted by molar-refractivity contribution is 0.111. The summed E-state index contributed by atoms with van der Waals surface area (Å²) in [6.07, 6.45) is 2.92.